The van der Waals surface area contributed by atoms with Crippen molar-refractivity contribution in [1.29, 1.82) is 0 Å². The lowest BCUT2D eigenvalue weighted by molar-refractivity contribution is -0.105. The number of sulfone groups is 1. The maximum Gasteiger partial charge on any atom is 0.398 e. The molecule has 0 amide bonds. The second-order valence-corrected chi connectivity index (χ2v) is 10.7. The molecule has 0 aliphatic carbocycles. The lowest BCUT2D eigenvalue weighted by Crippen LogP contribution is -2.46. The fraction of sp³-hybridized carbons (Fsp3) is 0.429. The molecule has 2 aromatic carbocycles. The summed E-state index contributed by atoms with van der Waals surface area (Å²) in [6.07, 6.45) is -3.12. The second-order valence-electron chi connectivity index (χ2n) is 7.65. The van der Waals surface area contributed by atoms with Gasteiger partial charge in [-0.05, 0) is 42.3 Å². The van der Waals surface area contributed by atoms with Crippen LogP contribution in [0.5, 0.6) is 0 Å². The number of hydrogen-bond donors (Lipinski definition) is 0. The molecule has 3 rings (SSSR count). The molecule has 0 bridgehead atoms. The number of anilines is 1. The van der Waals surface area contributed by atoms with E-state index in [1.165, 1.54) is 18.4 Å². The highest BCUT2D eigenvalue weighted by Gasteiger charge is 2.28. The van der Waals surface area contributed by atoms with Crippen LogP contribution in [0.4, 0.5) is 23.2 Å². The molecule has 0 radical (unpaired) electrons. The standard InChI is InChI=1S/C21H24F4N2O2S2/c1-15-11-18(22)19(12-20(15)30-14-21(23,24)25)27-9-7-26(8-10-27)13-16-3-5-17(6-4-16)31(2,28)29/h3-6,11-12H,7-10,13-14H2,1-2H3. The summed E-state index contributed by atoms with van der Waals surface area (Å²) in [6.45, 7) is 4.66. The number of benzene rings is 2. The van der Waals surface area contributed by atoms with Crippen molar-refractivity contribution in [3.8, 4) is 0 Å². The number of alkyl halides is 3. The van der Waals surface area contributed by atoms with E-state index < -0.39 is 27.6 Å². The molecule has 4 nitrogen and oxygen atoms in total. The van der Waals surface area contributed by atoms with Crippen molar-refractivity contribution in [3.05, 3.63) is 53.3 Å². The number of nitrogens with zero attached hydrogens (tertiary/aromatic N) is 2. The zero-order valence-electron chi connectivity index (χ0n) is 17.2. The minimum Gasteiger partial charge on any atom is -0.367 e. The fourth-order valence-corrected chi connectivity index (χ4v) is 4.88. The van der Waals surface area contributed by atoms with E-state index in [-0.39, 0.29) is 4.90 Å². The van der Waals surface area contributed by atoms with Crippen LogP contribution in [0, 0.1) is 12.7 Å². The Morgan fingerprint density at radius 3 is 2.19 bits per heavy atom. The molecule has 0 unspecified atom stereocenters. The summed E-state index contributed by atoms with van der Waals surface area (Å²) in [5.74, 6) is -1.44. The van der Waals surface area contributed by atoms with Gasteiger partial charge in [-0.2, -0.15) is 13.2 Å². The third kappa shape index (κ3) is 6.60. The Bertz CT molecular complexity index is 1020. The first kappa shape index (κ1) is 23.9. The van der Waals surface area contributed by atoms with Crippen LogP contribution in [0.25, 0.3) is 0 Å². The average Bonchev–Trinajstić information content (AvgIpc) is 2.67. The Hall–Kier alpha value is -1.78. The van der Waals surface area contributed by atoms with Crippen LogP contribution in [0.15, 0.2) is 46.2 Å². The Labute approximate surface area is 184 Å². The highest BCUT2D eigenvalue weighted by atomic mass is 32.2. The van der Waals surface area contributed by atoms with Gasteiger partial charge >= 0.3 is 6.18 Å². The largest absolute Gasteiger partial charge is 0.398 e. The van der Waals surface area contributed by atoms with Crippen LogP contribution in [-0.2, 0) is 16.4 Å². The highest BCUT2D eigenvalue weighted by molar-refractivity contribution is 7.99. The van der Waals surface area contributed by atoms with E-state index in [0.717, 1.165) is 5.56 Å². The fourth-order valence-electron chi connectivity index (χ4n) is 3.45. The van der Waals surface area contributed by atoms with E-state index in [4.69, 9.17) is 0 Å². The molecule has 0 atom stereocenters. The topological polar surface area (TPSA) is 40.6 Å². The second kappa shape index (κ2) is 9.38. The van der Waals surface area contributed by atoms with Gasteiger partial charge in [0.15, 0.2) is 9.84 Å². The van der Waals surface area contributed by atoms with Crippen LogP contribution in [-0.4, -0.2) is 57.7 Å². The van der Waals surface area contributed by atoms with Crippen LogP contribution >= 0.6 is 11.8 Å². The number of piperazine rings is 1. The van der Waals surface area contributed by atoms with E-state index in [0.29, 0.717) is 60.6 Å². The first-order valence-corrected chi connectivity index (χ1v) is 12.6. The zero-order valence-corrected chi connectivity index (χ0v) is 18.9. The van der Waals surface area contributed by atoms with E-state index in [1.807, 2.05) is 4.90 Å². The molecule has 0 aromatic heterocycles. The molecule has 170 valence electrons. The number of thioether (sulfide) groups is 1. The normalized spacial score (nSPS) is 16.0. The molecule has 0 saturated carbocycles. The van der Waals surface area contributed by atoms with Crippen molar-refractivity contribution in [2.75, 3.05) is 43.1 Å². The van der Waals surface area contributed by atoms with E-state index in [1.54, 1.807) is 31.2 Å². The molecule has 10 heteroatoms. The van der Waals surface area contributed by atoms with Crippen LogP contribution < -0.4 is 4.90 Å². The minimum atomic E-state index is -4.28. The Morgan fingerprint density at radius 1 is 1.03 bits per heavy atom. The van der Waals surface area contributed by atoms with Gasteiger partial charge in [0.25, 0.3) is 0 Å². The smallest absolute Gasteiger partial charge is 0.367 e. The lowest BCUT2D eigenvalue weighted by atomic mass is 10.1. The summed E-state index contributed by atoms with van der Waals surface area (Å²) in [4.78, 5) is 4.74. The monoisotopic (exact) mass is 476 g/mol. The molecular weight excluding hydrogens is 452 g/mol. The summed E-state index contributed by atoms with van der Waals surface area (Å²) >= 11 is 0.674. The lowest BCUT2D eigenvalue weighted by Gasteiger charge is -2.36. The predicted octanol–water partition coefficient (Wildman–Crippen LogP) is 4.51. The third-order valence-corrected chi connectivity index (χ3v) is 7.46. The molecule has 0 N–H and O–H groups in total. The summed E-state index contributed by atoms with van der Waals surface area (Å²) in [7, 11) is -3.23. The SMILES string of the molecule is Cc1cc(F)c(N2CCN(Cc3ccc(S(C)(=O)=O)cc3)CC2)cc1SCC(F)(F)F. The van der Waals surface area contributed by atoms with Crippen molar-refractivity contribution in [2.45, 2.75) is 29.4 Å². The quantitative estimate of drug-likeness (QED) is 0.453. The van der Waals surface area contributed by atoms with Crippen molar-refractivity contribution in [1.82, 2.24) is 4.90 Å². The maximum absolute atomic E-state index is 14.5. The van der Waals surface area contributed by atoms with Crippen LogP contribution in [0.3, 0.4) is 0 Å². The molecule has 1 aliphatic rings. The third-order valence-electron chi connectivity index (χ3n) is 5.11. The van der Waals surface area contributed by atoms with Gasteiger partial charge in [0.1, 0.15) is 5.82 Å². The summed E-state index contributed by atoms with van der Waals surface area (Å²) < 4.78 is 75.4. The van der Waals surface area contributed by atoms with Gasteiger partial charge in [-0.15, -0.1) is 11.8 Å². The Kier molecular flexibility index (Phi) is 7.22. The number of rotatable bonds is 6. The predicted molar refractivity (Wildman–Crippen MR) is 115 cm³/mol. The molecule has 1 heterocycles. The molecule has 1 aliphatic heterocycles. The van der Waals surface area contributed by atoms with E-state index in [2.05, 4.69) is 4.90 Å². The number of hydrogen-bond acceptors (Lipinski definition) is 5. The summed E-state index contributed by atoms with van der Waals surface area (Å²) in [5.41, 5.74) is 1.80. The van der Waals surface area contributed by atoms with Crippen LogP contribution in [0.1, 0.15) is 11.1 Å². The highest BCUT2D eigenvalue weighted by Crippen LogP contribution is 2.34. The Balaban J connectivity index is 1.62. The average molecular weight is 477 g/mol. The molecule has 1 fully saturated rings. The first-order chi connectivity index (χ1) is 14.4. The van der Waals surface area contributed by atoms with Crippen molar-refractivity contribution >= 4 is 27.3 Å². The maximum atomic E-state index is 14.5. The number of aryl methyl sites for hydroxylation is 1. The van der Waals surface area contributed by atoms with E-state index >= 15 is 0 Å². The molecule has 1 saturated heterocycles. The van der Waals surface area contributed by atoms with E-state index in [9.17, 15) is 26.0 Å². The van der Waals surface area contributed by atoms with Gasteiger partial charge < -0.3 is 4.90 Å². The van der Waals surface area contributed by atoms with Gasteiger partial charge in [-0.25, -0.2) is 12.8 Å². The molecular formula is C21H24F4N2O2S2. The van der Waals surface area contributed by atoms with Crippen LogP contribution in [0.2, 0.25) is 0 Å². The molecule has 2 aromatic rings. The zero-order chi connectivity index (χ0) is 22.8. The minimum absolute atomic E-state index is 0.273. The molecule has 31 heavy (non-hydrogen) atoms. The summed E-state index contributed by atoms with van der Waals surface area (Å²) in [5, 5.41) is 0. The molecule has 0 spiro atoms. The Morgan fingerprint density at radius 2 is 1.65 bits per heavy atom. The van der Waals surface area contributed by atoms with Gasteiger partial charge in [-0.1, -0.05) is 12.1 Å². The van der Waals surface area contributed by atoms with Crippen molar-refractivity contribution < 1.29 is 26.0 Å². The first-order valence-electron chi connectivity index (χ1n) is 9.68. The van der Waals surface area contributed by atoms with Gasteiger partial charge in [-0.3, -0.25) is 4.90 Å². The summed E-state index contributed by atoms with van der Waals surface area (Å²) in [6, 6.07) is 9.55. The van der Waals surface area contributed by atoms with Gasteiger partial charge in [0.2, 0.25) is 0 Å². The van der Waals surface area contributed by atoms with Crippen molar-refractivity contribution in [2.24, 2.45) is 0 Å². The van der Waals surface area contributed by atoms with Gasteiger partial charge in [0, 0.05) is 43.9 Å². The number of halogens is 4. The van der Waals surface area contributed by atoms with Gasteiger partial charge in [0.05, 0.1) is 16.3 Å². The van der Waals surface area contributed by atoms with Crippen molar-refractivity contribution in [3.63, 3.8) is 0 Å².